The smallest absolute Gasteiger partial charge is 0.319 e. The Hall–Kier alpha value is -3.69. The van der Waals surface area contributed by atoms with Gasteiger partial charge in [0.05, 0.1) is 23.5 Å². The van der Waals surface area contributed by atoms with E-state index >= 15 is 0 Å². The second-order valence-electron chi connectivity index (χ2n) is 8.21. The van der Waals surface area contributed by atoms with Crippen molar-refractivity contribution in [3.63, 3.8) is 0 Å². The number of rotatable bonds is 3. The van der Waals surface area contributed by atoms with Crippen molar-refractivity contribution in [1.29, 1.82) is 0 Å². The average molecular weight is 457 g/mol. The number of pyridine rings is 1. The lowest BCUT2D eigenvalue weighted by Gasteiger charge is -2.32. The molecule has 1 atom stereocenters. The highest BCUT2D eigenvalue weighted by molar-refractivity contribution is 6.13. The predicted molar refractivity (Wildman–Crippen MR) is 116 cm³/mol. The Morgan fingerprint density at radius 3 is 2.39 bits per heavy atom. The Morgan fingerprint density at radius 2 is 1.79 bits per heavy atom. The number of halogens is 3. The van der Waals surface area contributed by atoms with E-state index < -0.39 is 23.6 Å². The van der Waals surface area contributed by atoms with Crippen LogP contribution in [0, 0.1) is 20.8 Å². The van der Waals surface area contributed by atoms with Crippen LogP contribution in [0.4, 0.5) is 24.5 Å². The molecule has 0 saturated heterocycles. The van der Waals surface area contributed by atoms with Gasteiger partial charge in [-0.1, -0.05) is 0 Å². The minimum atomic E-state index is -4.47. The topological polar surface area (TPSA) is 80.1 Å². The molecule has 1 aromatic carbocycles. The van der Waals surface area contributed by atoms with Crippen molar-refractivity contribution in [2.75, 3.05) is 16.8 Å². The molecule has 3 heterocycles. The van der Waals surface area contributed by atoms with E-state index in [1.165, 1.54) is 34.8 Å². The van der Waals surface area contributed by atoms with Gasteiger partial charge < -0.3 is 10.2 Å². The quantitative estimate of drug-likeness (QED) is 0.619. The summed E-state index contributed by atoms with van der Waals surface area (Å²) in [7, 11) is 0. The molecule has 1 N–H and O–H groups in total. The van der Waals surface area contributed by atoms with Crippen LogP contribution in [0.15, 0.2) is 36.5 Å². The molecule has 1 aliphatic heterocycles. The van der Waals surface area contributed by atoms with Gasteiger partial charge in [0.15, 0.2) is 5.69 Å². The first-order valence-electron chi connectivity index (χ1n) is 10.3. The van der Waals surface area contributed by atoms with Crippen molar-refractivity contribution in [1.82, 2.24) is 14.8 Å². The van der Waals surface area contributed by atoms with E-state index in [1.807, 2.05) is 6.92 Å². The molecule has 0 spiro atoms. The summed E-state index contributed by atoms with van der Waals surface area (Å²) in [5.41, 5.74) is 1.80. The number of aromatic nitrogens is 3. The fourth-order valence-corrected chi connectivity index (χ4v) is 4.07. The minimum absolute atomic E-state index is 0.0245. The van der Waals surface area contributed by atoms with E-state index in [4.69, 9.17) is 0 Å². The first-order valence-corrected chi connectivity index (χ1v) is 10.3. The van der Waals surface area contributed by atoms with Crippen LogP contribution in [0.2, 0.25) is 0 Å². The van der Waals surface area contributed by atoms with Crippen molar-refractivity contribution in [2.45, 2.75) is 39.9 Å². The number of anilines is 2. The summed E-state index contributed by atoms with van der Waals surface area (Å²) < 4.78 is 41.0. The highest BCUT2D eigenvalue weighted by atomic mass is 19.4. The number of aryl methyl sites for hydroxylation is 3. The van der Waals surface area contributed by atoms with E-state index in [9.17, 15) is 22.8 Å². The molecule has 0 saturated carbocycles. The van der Waals surface area contributed by atoms with Crippen LogP contribution in [-0.2, 0) is 6.18 Å². The fraction of sp³-hybridized carbons (Fsp3) is 0.304. The van der Waals surface area contributed by atoms with Crippen molar-refractivity contribution >= 4 is 23.2 Å². The third kappa shape index (κ3) is 4.20. The zero-order chi connectivity index (χ0) is 24.1. The number of hydrogen-bond acceptors (Lipinski definition) is 4. The van der Waals surface area contributed by atoms with Gasteiger partial charge >= 0.3 is 6.18 Å². The predicted octanol–water partition coefficient (Wildman–Crippen LogP) is 4.70. The van der Waals surface area contributed by atoms with Gasteiger partial charge in [0.1, 0.15) is 0 Å². The lowest BCUT2D eigenvalue weighted by Crippen LogP contribution is -2.43. The summed E-state index contributed by atoms with van der Waals surface area (Å²) in [6.07, 6.45) is -3.06. The Balaban J connectivity index is 1.66. The molecule has 0 fully saturated rings. The van der Waals surface area contributed by atoms with E-state index in [0.717, 1.165) is 6.07 Å². The van der Waals surface area contributed by atoms with Crippen molar-refractivity contribution in [3.8, 4) is 0 Å². The standard InChI is InChI=1S/C23H22F3N5O2/c1-12-7-17(5-6-18(12)23(24,25)26)30-11-15(4)31-20(22(30)33)19(10-27-31)29-21(32)16-8-13(2)28-14(3)9-16/h5-10,15H,11H2,1-4H3,(H,29,32)/t15-/m0/s1. The van der Waals surface area contributed by atoms with E-state index in [-0.39, 0.29) is 29.5 Å². The van der Waals surface area contributed by atoms with Crippen LogP contribution >= 0.6 is 0 Å². The van der Waals surface area contributed by atoms with Gasteiger partial charge in [-0.25, -0.2) is 0 Å². The Bertz CT molecular complexity index is 1250. The van der Waals surface area contributed by atoms with Crippen LogP contribution in [0.5, 0.6) is 0 Å². The molecule has 0 aliphatic carbocycles. The number of carbonyl (C=O) groups excluding carboxylic acids is 2. The maximum Gasteiger partial charge on any atom is 0.416 e. The molecular formula is C23H22F3N5O2. The maximum absolute atomic E-state index is 13.3. The third-order valence-corrected chi connectivity index (χ3v) is 5.53. The number of benzene rings is 1. The number of nitrogens with zero attached hydrogens (tertiary/aromatic N) is 4. The Labute approximate surface area is 188 Å². The highest BCUT2D eigenvalue weighted by Gasteiger charge is 2.36. The number of nitrogens with one attached hydrogen (secondary N) is 1. The van der Waals surface area contributed by atoms with E-state index in [1.54, 1.807) is 26.0 Å². The van der Waals surface area contributed by atoms with Gasteiger partial charge in [0, 0.05) is 29.2 Å². The number of carbonyl (C=O) groups is 2. The first-order chi connectivity index (χ1) is 15.5. The molecule has 7 nitrogen and oxygen atoms in total. The summed E-state index contributed by atoms with van der Waals surface area (Å²) in [6, 6.07) is 6.63. The van der Waals surface area contributed by atoms with E-state index in [2.05, 4.69) is 15.4 Å². The van der Waals surface area contributed by atoms with Crippen molar-refractivity contribution in [3.05, 3.63) is 70.3 Å². The van der Waals surface area contributed by atoms with Gasteiger partial charge in [-0.15, -0.1) is 0 Å². The van der Waals surface area contributed by atoms with Gasteiger partial charge in [-0.05, 0) is 63.6 Å². The molecule has 1 aliphatic rings. The number of hydrogen-bond donors (Lipinski definition) is 1. The molecule has 2 amide bonds. The monoisotopic (exact) mass is 457 g/mol. The molecule has 3 aromatic rings. The van der Waals surface area contributed by atoms with Crippen LogP contribution < -0.4 is 10.2 Å². The number of fused-ring (bicyclic) bond motifs is 1. The van der Waals surface area contributed by atoms with Gasteiger partial charge in [-0.2, -0.15) is 18.3 Å². The highest BCUT2D eigenvalue weighted by Crippen LogP contribution is 2.36. The molecular weight excluding hydrogens is 435 g/mol. The van der Waals surface area contributed by atoms with E-state index in [0.29, 0.717) is 22.6 Å². The zero-order valence-electron chi connectivity index (χ0n) is 18.5. The molecule has 172 valence electrons. The summed E-state index contributed by atoms with van der Waals surface area (Å²) in [4.78, 5) is 31.8. The van der Waals surface area contributed by atoms with Crippen molar-refractivity contribution in [2.24, 2.45) is 0 Å². The molecule has 4 rings (SSSR count). The SMILES string of the molecule is Cc1cc(C(=O)Nc2cnn3c2C(=O)N(c2ccc(C(F)(F)F)c(C)c2)C[C@@H]3C)cc(C)n1. The van der Waals surface area contributed by atoms with Crippen LogP contribution in [0.25, 0.3) is 0 Å². The lowest BCUT2D eigenvalue weighted by atomic mass is 10.1. The largest absolute Gasteiger partial charge is 0.416 e. The average Bonchev–Trinajstić information content (AvgIpc) is 3.13. The summed E-state index contributed by atoms with van der Waals surface area (Å²) in [5.74, 6) is -0.871. The minimum Gasteiger partial charge on any atom is -0.319 e. The molecule has 33 heavy (non-hydrogen) atoms. The first kappa shape index (κ1) is 22.5. The van der Waals surface area contributed by atoms with Crippen LogP contribution in [-0.4, -0.2) is 33.1 Å². The molecule has 10 heteroatoms. The van der Waals surface area contributed by atoms with Crippen LogP contribution in [0.3, 0.4) is 0 Å². The fourth-order valence-electron chi connectivity index (χ4n) is 4.07. The summed E-state index contributed by atoms with van der Waals surface area (Å²) in [5, 5.41) is 6.99. The second-order valence-corrected chi connectivity index (χ2v) is 8.21. The lowest BCUT2D eigenvalue weighted by molar-refractivity contribution is -0.138. The van der Waals surface area contributed by atoms with Gasteiger partial charge in [0.25, 0.3) is 11.8 Å². The van der Waals surface area contributed by atoms with Gasteiger partial charge in [0.2, 0.25) is 0 Å². The summed E-state index contributed by atoms with van der Waals surface area (Å²) in [6.45, 7) is 6.99. The normalized spacial score (nSPS) is 16.0. The maximum atomic E-state index is 13.3. The Morgan fingerprint density at radius 1 is 1.12 bits per heavy atom. The van der Waals surface area contributed by atoms with Crippen LogP contribution in [0.1, 0.15) is 56.3 Å². The second kappa shape index (κ2) is 8.02. The molecule has 0 radical (unpaired) electrons. The van der Waals surface area contributed by atoms with Crippen molar-refractivity contribution < 1.29 is 22.8 Å². The molecule has 0 bridgehead atoms. The molecule has 2 aromatic heterocycles. The molecule has 0 unspecified atom stereocenters. The number of amides is 2. The summed E-state index contributed by atoms with van der Waals surface area (Å²) >= 11 is 0. The van der Waals surface area contributed by atoms with Gasteiger partial charge in [-0.3, -0.25) is 19.3 Å². The zero-order valence-corrected chi connectivity index (χ0v) is 18.5. The Kier molecular flexibility index (Phi) is 5.47. The third-order valence-electron chi connectivity index (χ3n) is 5.53. The number of alkyl halides is 3.